The largest absolute Gasteiger partial charge is 0.460 e. The van der Waals surface area contributed by atoms with Crippen molar-refractivity contribution in [1.29, 1.82) is 0 Å². The number of alkyl halides is 13. The standard InChI is InChI=1S/C6HF13O3S.Li/c7-1(8,3(11,12)5(15,16)17)2(9,10)4(13,14)6(18,19)23(20,21)22;/h(H,20,21,22);. The number of rotatable bonds is 5. The minimum atomic E-state index is -8.25. The molecule has 0 aromatic heterocycles. The van der Waals surface area contributed by atoms with E-state index < -0.39 is 45.2 Å². The third kappa shape index (κ3) is 3.19. The molecule has 18 heteroatoms. The van der Waals surface area contributed by atoms with Crippen molar-refractivity contribution in [2.75, 3.05) is 0 Å². The molecule has 0 atom stereocenters. The molecule has 0 saturated heterocycles. The van der Waals surface area contributed by atoms with Crippen LogP contribution < -0.4 is 0 Å². The maximum absolute atomic E-state index is 12.7. The third-order valence-corrected chi connectivity index (χ3v) is 3.13. The molecular formula is C6HF13LiO3S. The van der Waals surface area contributed by atoms with Gasteiger partial charge in [-0.2, -0.15) is 65.5 Å². The summed E-state index contributed by atoms with van der Waals surface area (Å²) in [5.74, 6) is -32.5. The van der Waals surface area contributed by atoms with Crippen LogP contribution in [0.1, 0.15) is 0 Å². The smallest absolute Gasteiger partial charge is 0.281 e. The van der Waals surface area contributed by atoms with Crippen molar-refractivity contribution >= 4 is 29.0 Å². The van der Waals surface area contributed by atoms with E-state index in [0.29, 0.717) is 0 Å². The van der Waals surface area contributed by atoms with Crippen LogP contribution in [0.2, 0.25) is 0 Å². The Bertz CT molecular complexity index is 565. The van der Waals surface area contributed by atoms with Gasteiger partial charge >= 0.3 is 45.2 Å². The van der Waals surface area contributed by atoms with Crippen LogP contribution in [-0.4, -0.2) is 67.0 Å². The van der Waals surface area contributed by atoms with E-state index >= 15 is 0 Å². The Kier molecular flexibility index (Phi) is 6.56. The molecule has 0 saturated carbocycles. The van der Waals surface area contributed by atoms with Crippen molar-refractivity contribution in [3.63, 3.8) is 0 Å². The first-order valence-corrected chi connectivity index (χ1v) is 5.87. The summed E-state index contributed by atoms with van der Waals surface area (Å²) in [6.07, 6.45) is -7.59. The van der Waals surface area contributed by atoms with Gasteiger partial charge in [0.05, 0.1) is 0 Å². The molecule has 141 valence electrons. The van der Waals surface area contributed by atoms with Gasteiger partial charge in [0.2, 0.25) is 0 Å². The summed E-state index contributed by atoms with van der Waals surface area (Å²) < 4.78 is 188. The van der Waals surface area contributed by atoms with Crippen LogP contribution in [0, 0.1) is 0 Å². The van der Waals surface area contributed by atoms with E-state index in [1.54, 1.807) is 0 Å². The van der Waals surface area contributed by atoms with Crippen LogP contribution in [0.15, 0.2) is 0 Å². The molecule has 0 unspecified atom stereocenters. The molecule has 0 aliphatic carbocycles. The second kappa shape index (κ2) is 6.09. The number of halogens is 13. The zero-order valence-electron chi connectivity index (χ0n) is 10.6. The monoisotopic (exact) mass is 407 g/mol. The summed E-state index contributed by atoms with van der Waals surface area (Å²) in [7, 11) is -7.61. The second-order valence-electron chi connectivity index (χ2n) is 3.79. The average molecular weight is 407 g/mol. The molecule has 0 aliphatic rings. The summed E-state index contributed by atoms with van der Waals surface area (Å²) >= 11 is 0. The molecule has 0 amide bonds. The van der Waals surface area contributed by atoms with Crippen LogP contribution in [-0.2, 0) is 10.1 Å². The summed E-state index contributed by atoms with van der Waals surface area (Å²) in [5.41, 5.74) is 0. The zero-order chi connectivity index (χ0) is 19.5. The first kappa shape index (κ1) is 25.8. The molecule has 1 N–H and O–H groups in total. The molecule has 0 fully saturated rings. The van der Waals surface area contributed by atoms with Gasteiger partial charge in [0, 0.05) is 18.9 Å². The van der Waals surface area contributed by atoms with Crippen LogP contribution >= 0.6 is 0 Å². The SMILES string of the molecule is O=S(=O)(O)C(F)(F)C(F)(F)C(F)(F)C(F)(F)C(F)(F)C(F)(F)F.[Li]. The Morgan fingerprint density at radius 2 is 0.792 bits per heavy atom. The number of hydrogen-bond donors (Lipinski definition) is 1. The molecule has 0 bridgehead atoms. The minimum Gasteiger partial charge on any atom is -0.281 e. The molecule has 0 aliphatic heterocycles. The molecule has 1 radical (unpaired) electrons. The van der Waals surface area contributed by atoms with Gasteiger partial charge in [-0.25, -0.2) is 0 Å². The van der Waals surface area contributed by atoms with Gasteiger partial charge < -0.3 is 0 Å². The topological polar surface area (TPSA) is 54.4 Å². The van der Waals surface area contributed by atoms with Crippen LogP contribution in [0.4, 0.5) is 57.1 Å². The Balaban J connectivity index is 0. The first-order valence-electron chi connectivity index (χ1n) is 4.43. The number of hydrogen-bond acceptors (Lipinski definition) is 2. The predicted octanol–water partition coefficient (Wildman–Crippen LogP) is 3.19. The second-order valence-corrected chi connectivity index (χ2v) is 5.25. The molecular weight excluding hydrogens is 406 g/mol. The fraction of sp³-hybridized carbons (Fsp3) is 1.00. The van der Waals surface area contributed by atoms with Crippen LogP contribution in [0.3, 0.4) is 0 Å². The van der Waals surface area contributed by atoms with Crippen molar-refractivity contribution in [3.8, 4) is 0 Å². The van der Waals surface area contributed by atoms with Gasteiger partial charge in [-0.15, -0.1) is 0 Å². The van der Waals surface area contributed by atoms with E-state index in [1.165, 1.54) is 0 Å². The molecule has 0 heterocycles. The van der Waals surface area contributed by atoms with Crippen LogP contribution in [0.5, 0.6) is 0 Å². The minimum absolute atomic E-state index is 0. The van der Waals surface area contributed by atoms with E-state index in [0.717, 1.165) is 0 Å². The first-order chi connectivity index (χ1) is 9.50. The van der Waals surface area contributed by atoms with Crippen molar-refractivity contribution in [2.24, 2.45) is 0 Å². The summed E-state index contributed by atoms with van der Waals surface area (Å²) in [6.45, 7) is 0. The fourth-order valence-electron chi connectivity index (χ4n) is 0.917. The van der Waals surface area contributed by atoms with E-state index in [9.17, 15) is 65.5 Å². The van der Waals surface area contributed by atoms with Gasteiger partial charge in [0.25, 0.3) is 0 Å². The molecule has 3 nitrogen and oxygen atoms in total. The van der Waals surface area contributed by atoms with Gasteiger partial charge in [0.15, 0.2) is 0 Å². The molecule has 0 aromatic carbocycles. The average Bonchev–Trinajstić information content (AvgIpc) is 2.24. The van der Waals surface area contributed by atoms with E-state index in [-0.39, 0.29) is 18.9 Å². The van der Waals surface area contributed by atoms with Crippen LogP contribution in [0.25, 0.3) is 0 Å². The van der Waals surface area contributed by atoms with Gasteiger partial charge in [-0.1, -0.05) is 0 Å². The van der Waals surface area contributed by atoms with E-state index in [4.69, 9.17) is 4.55 Å². The predicted molar refractivity (Wildman–Crippen MR) is 48.1 cm³/mol. The van der Waals surface area contributed by atoms with E-state index in [1.807, 2.05) is 0 Å². The van der Waals surface area contributed by atoms with Gasteiger partial charge in [-0.3, -0.25) is 4.55 Å². The van der Waals surface area contributed by atoms with Gasteiger partial charge in [0.1, 0.15) is 0 Å². The van der Waals surface area contributed by atoms with Crippen molar-refractivity contribution in [1.82, 2.24) is 0 Å². The quantitative estimate of drug-likeness (QED) is 0.433. The summed E-state index contributed by atoms with van der Waals surface area (Å²) in [4.78, 5) is 0. The molecule has 24 heavy (non-hydrogen) atoms. The normalized spacial score (nSPS) is 15.9. The summed E-state index contributed by atoms with van der Waals surface area (Å²) in [6, 6.07) is 0. The van der Waals surface area contributed by atoms with Crippen molar-refractivity contribution < 1.29 is 70.0 Å². The molecule has 0 aromatic rings. The maximum Gasteiger partial charge on any atom is 0.460 e. The van der Waals surface area contributed by atoms with E-state index in [2.05, 4.69) is 0 Å². The molecule has 0 spiro atoms. The van der Waals surface area contributed by atoms with Crippen molar-refractivity contribution in [2.45, 2.75) is 35.1 Å². The summed E-state index contributed by atoms with van der Waals surface area (Å²) in [5, 5.41) is -7.52. The Hall–Kier alpha value is -0.403. The Morgan fingerprint density at radius 1 is 0.542 bits per heavy atom. The third-order valence-electron chi connectivity index (χ3n) is 2.23. The fourth-order valence-corrected chi connectivity index (χ4v) is 1.37. The maximum atomic E-state index is 12.7. The Morgan fingerprint density at radius 3 is 1.00 bits per heavy atom. The van der Waals surface area contributed by atoms with Gasteiger partial charge in [-0.05, 0) is 0 Å². The zero-order valence-corrected chi connectivity index (χ0v) is 11.4. The molecule has 0 rings (SSSR count). The van der Waals surface area contributed by atoms with Crippen molar-refractivity contribution in [3.05, 3.63) is 0 Å². The Labute approximate surface area is 135 Å².